The molecule has 7 rings (SSSR count). The summed E-state index contributed by atoms with van der Waals surface area (Å²) < 4.78 is 6.62. The Morgan fingerprint density at radius 2 is 0.667 bits per heavy atom. The van der Waals surface area contributed by atoms with Crippen molar-refractivity contribution in [1.29, 1.82) is 0 Å². The number of hydrogen-bond donors (Lipinski definition) is 0. The van der Waals surface area contributed by atoms with Crippen LogP contribution in [-0.4, -0.2) is 28.7 Å². The highest BCUT2D eigenvalue weighted by molar-refractivity contribution is 5.93. The van der Waals surface area contributed by atoms with Gasteiger partial charge in [-0.1, -0.05) is 36.4 Å². The van der Waals surface area contributed by atoms with Crippen LogP contribution in [0.15, 0.2) is 72.8 Å². The lowest BCUT2D eigenvalue weighted by atomic mass is 9.87. The normalized spacial score (nSPS) is 11.8. The fraction of sp³-hybridized carbons (Fsp3) is 0.182. The third kappa shape index (κ3) is 3.24. The number of nitrogens with zero attached hydrogens (tertiary/aromatic N) is 6. The molecular weight excluding hydrogens is 480 g/mol. The Hall–Kier alpha value is -4.71. The molecule has 4 aromatic carbocycles. The van der Waals surface area contributed by atoms with E-state index in [4.69, 9.17) is 15.0 Å². The summed E-state index contributed by atoms with van der Waals surface area (Å²) in [6.07, 6.45) is 0. The molecule has 6 nitrogen and oxygen atoms in total. The molecule has 39 heavy (non-hydrogen) atoms. The molecule has 0 fully saturated rings. The van der Waals surface area contributed by atoms with Crippen LogP contribution in [0, 0.1) is 20.8 Å². The van der Waals surface area contributed by atoms with Gasteiger partial charge in [0, 0.05) is 37.8 Å². The Kier molecular flexibility index (Phi) is 5.04. The molecule has 3 heterocycles. The molecule has 0 atom stereocenters. The molecule has 0 radical (unpaired) electrons. The van der Waals surface area contributed by atoms with Gasteiger partial charge >= 0.3 is 0 Å². The summed E-state index contributed by atoms with van der Waals surface area (Å²) in [5.74, 6) is 2.85. The standard InChI is InChI=1S/C33H30N6/c1-19-28(31-34-22-13-7-10-16-25(22)37(31)4)20(2)30(33-36-24-15-9-12-18-27(24)39(33)6)21(3)29(19)32-35-23-14-8-11-17-26(23)38(32)5/h7-18H,1-6H3. The van der Waals surface area contributed by atoms with E-state index in [2.05, 4.69) is 110 Å². The highest BCUT2D eigenvalue weighted by Crippen LogP contribution is 2.44. The molecule has 0 spiro atoms. The van der Waals surface area contributed by atoms with Crippen LogP contribution in [-0.2, 0) is 21.1 Å². The predicted octanol–water partition coefficient (Wildman–Crippen LogP) is 7.27. The number of benzene rings is 4. The van der Waals surface area contributed by atoms with E-state index in [0.29, 0.717) is 0 Å². The predicted molar refractivity (Wildman–Crippen MR) is 160 cm³/mol. The second-order valence-electron chi connectivity index (χ2n) is 10.4. The van der Waals surface area contributed by atoms with E-state index in [1.807, 2.05) is 18.2 Å². The molecule has 0 N–H and O–H groups in total. The Balaban J connectivity index is 1.64. The van der Waals surface area contributed by atoms with E-state index in [-0.39, 0.29) is 0 Å². The van der Waals surface area contributed by atoms with Gasteiger partial charge in [0.05, 0.1) is 33.1 Å². The van der Waals surface area contributed by atoms with Crippen molar-refractivity contribution in [2.45, 2.75) is 20.8 Å². The zero-order valence-electron chi connectivity index (χ0n) is 23.1. The number of fused-ring (bicyclic) bond motifs is 3. The van der Waals surface area contributed by atoms with Crippen LogP contribution in [0.5, 0.6) is 0 Å². The molecule has 0 saturated carbocycles. The maximum atomic E-state index is 5.14. The topological polar surface area (TPSA) is 53.5 Å². The molecule has 0 unspecified atom stereocenters. The lowest BCUT2D eigenvalue weighted by molar-refractivity contribution is 0.939. The SMILES string of the molecule is Cc1c(-c2nc3ccccc3n2C)c(C)c(-c2nc3ccccc3n2C)c(C)c1-c1nc2ccccc2n1C. The lowest BCUT2D eigenvalue weighted by Crippen LogP contribution is -2.07. The minimum atomic E-state index is 0.950. The highest BCUT2D eigenvalue weighted by Gasteiger charge is 2.27. The fourth-order valence-corrected chi connectivity index (χ4v) is 6.33. The third-order valence-corrected chi connectivity index (χ3v) is 8.28. The zero-order chi connectivity index (χ0) is 27.0. The Morgan fingerprint density at radius 1 is 0.410 bits per heavy atom. The van der Waals surface area contributed by atoms with Crippen LogP contribution >= 0.6 is 0 Å². The van der Waals surface area contributed by atoms with Gasteiger partial charge in [-0.2, -0.15) is 0 Å². The summed E-state index contributed by atoms with van der Waals surface area (Å²) in [7, 11) is 6.31. The first-order valence-corrected chi connectivity index (χ1v) is 13.3. The van der Waals surface area contributed by atoms with Gasteiger partial charge in [0.15, 0.2) is 0 Å². The number of aryl methyl sites for hydroxylation is 3. The summed E-state index contributed by atoms with van der Waals surface area (Å²) in [5, 5.41) is 0. The van der Waals surface area contributed by atoms with E-state index < -0.39 is 0 Å². The molecule has 0 aliphatic rings. The zero-order valence-corrected chi connectivity index (χ0v) is 23.1. The number of para-hydroxylation sites is 6. The highest BCUT2D eigenvalue weighted by atomic mass is 15.1. The van der Waals surface area contributed by atoms with Crippen molar-refractivity contribution >= 4 is 33.1 Å². The summed E-state index contributed by atoms with van der Waals surface area (Å²) >= 11 is 0. The Bertz CT molecular complexity index is 1830. The third-order valence-electron chi connectivity index (χ3n) is 8.28. The van der Waals surface area contributed by atoms with Crippen LogP contribution in [0.2, 0.25) is 0 Å². The molecule has 7 aromatic rings. The molecule has 0 amide bonds. The maximum Gasteiger partial charge on any atom is 0.141 e. The van der Waals surface area contributed by atoms with Gasteiger partial charge in [0.2, 0.25) is 0 Å². The summed E-state index contributed by atoms with van der Waals surface area (Å²) in [4.78, 5) is 15.4. The smallest absolute Gasteiger partial charge is 0.141 e. The van der Waals surface area contributed by atoms with Gasteiger partial charge in [0.1, 0.15) is 17.5 Å². The first-order valence-electron chi connectivity index (χ1n) is 13.3. The average Bonchev–Trinajstić information content (AvgIpc) is 3.56. The summed E-state index contributed by atoms with van der Waals surface area (Å²) in [6.45, 7) is 6.63. The van der Waals surface area contributed by atoms with Gasteiger partial charge in [-0.05, 0) is 73.9 Å². The second kappa shape index (κ2) is 8.40. The van der Waals surface area contributed by atoms with E-state index >= 15 is 0 Å². The van der Waals surface area contributed by atoms with Crippen LogP contribution < -0.4 is 0 Å². The van der Waals surface area contributed by atoms with Crippen molar-refractivity contribution in [3.05, 3.63) is 89.5 Å². The van der Waals surface area contributed by atoms with E-state index in [0.717, 1.165) is 67.3 Å². The van der Waals surface area contributed by atoms with Gasteiger partial charge in [-0.25, -0.2) is 15.0 Å². The summed E-state index contributed by atoms with van der Waals surface area (Å²) in [6, 6.07) is 25.0. The van der Waals surface area contributed by atoms with Crippen LogP contribution in [0.3, 0.4) is 0 Å². The molecule has 0 saturated heterocycles. The minimum Gasteiger partial charge on any atom is -0.327 e. The molecule has 3 aromatic heterocycles. The van der Waals surface area contributed by atoms with Crippen LogP contribution in [0.1, 0.15) is 16.7 Å². The second-order valence-corrected chi connectivity index (χ2v) is 10.4. The van der Waals surface area contributed by atoms with Gasteiger partial charge in [0.25, 0.3) is 0 Å². The van der Waals surface area contributed by atoms with Crippen molar-refractivity contribution in [2.24, 2.45) is 21.1 Å². The van der Waals surface area contributed by atoms with E-state index in [1.165, 1.54) is 16.7 Å². The van der Waals surface area contributed by atoms with Crippen molar-refractivity contribution in [3.8, 4) is 34.2 Å². The molecule has 192 valence electrons. The number of aromatic nitrogens is 6. The van der Waals surface area contributed by atoms with Gasteiger partial charge in [-0.15, -0.1) is 0 Å². The van der Waals surface area contributed by atoms with E-state index in [9.17, 15) is 0 Å². The fourth-order valence-electron chi connectivity index (χ4n) is 6.33. The van der Waals surface area contributed by atoms with Crippen molar-refractivity contribution < 1.29 is 0 Å². The average molecular weight is 511 g/mol. The molecule has 6 heteroatoms. The first-order chi connectivity index (χ1) is 18.9. The van der Waals surface area contributed by atoms with Gasteiger partial charge < -0.3 is 13.7 Å². The van der Waals surface area contributed by atoms with Crippen LogP contribution in [0.25, 0.3) is 67.3 Å². The number of imidazole rings is 3. The lowest BCUT2D eigenvalue weighted by Gasteiger charge is -2.22. The number of hydrogen-bond acceptors (Lipinski definition) is 3. The number of rotatable bonds is 3. The van der Waals surface area contributed by atoms with Crippen LogP contribution in [0.4, 0.5) is 0 Å². The van der Waals surface area contributed by atoms with Crippen molar-refractivity contribution in [1.82, 2.24) is 28.7 Å². The Labute approximate surface area is 227 Å². The van der Waals surface area contributed by atoms with Crippen molar-refractivity contribution in [3.63, 3.8) is 0 Å². The monoisotopic (exact) mass is 510 g/mol. The van der Waals surface area contributed by atoms with Crippen molar-refractivity contribution in [2.75, 3.05) is 0 Å². The maximum absolute atomic E-state index is 5.14. The Morgan fingerprint density at radius 3 is 0.923 bits per heavy atom. The van der Waals surface area contributed by atoms with E-state index in [1.54, 1.807) is 0 Å². The minimum absolute atomic E-state index is 0.950. The molecule has 0 aliphatic heterocycles. The largest absolute Gasteiger partial charge is 0.327 e. The summed E-state index contributed by atoms with van der Waals surface area (Å²) in [5.41, 5.74) is 13.2. The molecule has 0 aliphatic carbocycles. The first kappa shape index (κ1) is 23.4. The molecular formula is C33H30N6. The molecule has 0 bridgehead atoms. The van der Waals surface area contributed by atoms with Gasteiger partial charge in [-0.3, -0.25) is 0 Å². The quantitative estimate of drug-likeness (QED) is 0.251.